The lowest BCUT2D eigenvalue weighted by molar-refractivity contribution is 0.288. The van der Waals surface area contributed by atoms with E-state index in [0.717, 1.165) is 47.6 Å². The van der Waals surface area contributed by atoms with Gasteiger partial charge in [0.1, 0.15) is 17.9 Å². The highest BCUT2D eigenvalue weighted by atomic mass is 16.5. The van der Waals surface area contributed by atoms with Crippen LogP contribution in [0, 0.1) is 6.92 Å². The number of hydrogen-bond acceptors (Lipinski definition) is 5. The van der Waals surface area contributed by atoms with Crippen molar-refractivity contribution in [1.82, 2.24) is 25.2 Å². The van der Waals surface area contributed by atoms with Gasteiger partial charge >= 0.3 is 0 Å². The van der Waals surface area contributed by atoms with Gasteiger partial charge in [-0.1, -0.05) is 31.5 Å². The average molecular weight is 297 g/mol. The minimum atomic E-state index is 0.339. The second-order valence-corrected chi connectivity index (χ2v) is 5.24. The first kappa shape index (κ1) is 14.4. The zero-order valence-corrected chi connectivity index (χ0v) is 12.9. The van der Waals surface area contributed by atoms with Gasteiger partial charge in [-0.2, -0.15) is 0 Å². The molecule has 0 spiro atoms. The molecule has 0 N–H and O–H groups in total. The van der Waals surface area contributed by atoms with E-state index in [-0.39, 0.29) is 0 Å². The van der Waals surface area contributed by atoms with E-state index in [9.17, 15) is 0 Å². The van der Waals surface area contributed by atoms with E-state index in [1.165, 1.54) is 0 Å². The number of nitrogens with zero attached hydrogens (tertiary/aromatic N) is 5. The van der Waals surface area contributed by atoms with Gasteiger partial charge in [0.2, 0.25) is 0 Å². The van der Waals surface area contributed by atoms with Crippen LogP contribution in [-0.2, 0) is 13.2 Å². The molecule has 0 aliphatic carbocycles. The van der Waals surface area contributed by atoms with Gasteiger partial charge in [0.15, 0.2) is 5.82 Å². The molecular formula is C16H19N5O. The topological polar surface area (TPSA) is 65.7 Å². The number of benzene rings is 1. The number of unbranched alkanes of at least 4 members (excludes halogenated alkanes) is 1. The fourth-order valence-corrected chi connectivity index (χ4v) is 2.28. The molecule has 114 valence electrons. The van der Waals surface area contributed by atoms with Crippen LogP contribution in [0.2, 0.25) is 0 Å². The van der Waals surface area contributed by atoms with E-state index in [0.29, 0.717) is 6.61 Å². The van der Waals surface area contributed by atoms with Crippen molar-refractivity contribution in [2.45, 2.75) is 39.8 Å². The van der Waals surface area contributed by atoms with Gasteiger partial charge in [0.05, 0.1) is 0 Å². The van der Waals surface area contributed by atoms with Crippen molar-refractivity contribution in [2.24, 2.45) is 0 Å². The summed E-state index contributed by atoms with van der Waals surface area (Å²) in [6.07, 6.45) is 2.15. The molecule has 0 aliphatic rings. The molecule has 0 radical (unpaired) electrons. The summed E-state index contributed by atoms with van der Waals surface area (Å²) in [6, 6.07) is 9.97. The molecule has 0 unspecified atom stereocenters. The maximum atomic E-state index is 5.91. The first-order valence-corrected chi connectivity index (χ1v) is 7.52. The monoisotopic (exact) mass is 297 g/mol. The zero-order valence-electron chi connectivity index (χ0n) is 12.9. The van der Waals surface area contributed by atoms with Gasteiger partial charge in [-0.25, -0.2) is 9.67 Å². The molecule has 6 nitrogen and oxygen atoms in total. The van der Waals surface area contributed by atoms with Crippen molar-refractivity contribution in [1.29, 1.82) is 0 Å². The van der Waals surface area contributed by atoms with Crippen molar-refractivity contribution in [3.05, 3.63) is 41.9 Å². The second-order valence-electron chi connectivity index (χ2n) is 5.24. The number of rotatable bonds is 6. The minimum Gasteiger partial charge on any atom is -0.483 e. The third kappa shape index (κ3) is 3.05. The quantitative estimate of drug-likeness (QED) is 0.700. The fourth-order valence-electron chi connectivity index (χ4n) is 2.28. The summed E-state index contributed by atoms with van der Waals surface area (Å²) in [6.45, 7) is 5.27. The molecule has 0 bridgehead atoms. The summed E-state index contributed by atoms with van der Waals surface area (Å²) in [7, 11) is 0. The number of tetrazole rings is 1. The smallest absolute Gasteiger partial charge is 0.189 e. The van der Waals surface area contributed by atoms with Crippen molar-refractivity contribution < 1.29 is 4.74 Å². The number of aromatic nitrogens is 5. The van der Waals surface area contributed by atoms with Crippen LogP contribution in [0.4, 0.5) is 0 Å². The lowest BCUT2D eigenvalue weighted by atomic mass is 10.2. The van der Waals surface area contributed by atoms with Crippen LogP contribution in [0.25, 0.3) is 10.9 Å². The first-order valence-electron chi connectivity index (χ1n) is 7.52. The molecule has 0 saturated heterocycles. The van der Waals surface area contributed by atoms with Gasteiger partial charge in [-0.15, -0.1) is 5.10 Å². The predicted molar refractivity (Wildman–Crippen MR) is 83.5 cm³/mol. The number of pyridine rings is 1. The Morgan fingerprint density at radius 2 is 2.09 bits per heavy atom. The molecule has 6 heteroatoms. The summed E-state index contributed by atoms with van der Waals surface area (Å²) in [5.74, 6) is 1.49. The highest BCUT2D eigenvalue weighted by Gasteiger charge is 2.09. The van der Waals surface area contributed by atoms with Gasteiger partial charge in [0, 0.05) is 17.6 Å². The highest BCUT2D eigenvalue weighted by molar-refractivity contribution is 5.84. The molecule has 2 heterocycles. The summed E-state index contributed by atoms with van der Waals surface area (Å²) in [4.78, 5) is 4.56. The SMILES string of the molecule is CCCCn1nnnc1COc1cccc2ccc(C)nc12. The number of fused-ring (bicyclic) bond motifs is 1. The van der Waals surface area contributed by atoms with E-state index in [1.807, 2.05) is 31.2 Å². The Balaban J connectivity index is 1.79. The van der Waals surface area contributed by atoms with Crippen LogP contribution in [0.15, 0.2) is 30.3 Å². The van der Waals surface area contributed by atoms with Gasteiger partial charge in [0.25, 0.3) is 0 Å². The molecule has 0 amide bonds. The summed E-state index contributed by atoms with van der Waals surface area (Å²) >= 11 is 0. The van der Waals surface area contributed by atoms with E-state index in [4.69, 9.17) is 4.74 Å². The lowest BCUT2D eigenvalue weighted by Gasteiger charge is -2.09. The Bertz CT molecular complexity index is 768. The number of para-hydroxylation sites is 1. The van der Waals surface area contributed by atoms with Crippen LogP contribution in [0.3, 0.4) is 0 Å². The van der Waals surface area contributed by atoms with Crippen LogP contribution < -0.4 is 4.74 Å². The first-order chi connectivity index (χ1) is 10.8. The lowest BCUT2D eigenvalue weighted by Crippen LogP contribution is -2.09. The third-order valence-electron chi connectivity index (χ3n) is 3.51. The van der Waals surface area contributed by atoms with Crippen LogP contribution in [0.5, 0.6) is 5.75 Å². The van der Waals surface area contributed by atoms with Gasteiger partial charge in [-0.3, -0.25) is 0 Å². The summed E-state index contributed by atoms with van der Waals surface area (Å²) < 4.78 is 7.71. The van der Waals surface area contributed by atoms with Crippen molar-refractivity contribution in [3.63, 3.8) is 0 Å². The molecule has 0 fully saturated rings. The largest absolute Gasteiger partial charge is 0.483 e. The van der Waals surface area contributed by atoms with Crippen molar-refractivity contribution in [2.75, 3.05) is 0 Å². The molecule has 22 heavy (non-hydrogen) atoms. The molecular weight excluding hydrogens is 278 g/mol. The van der Waals surface area contributed by atoms with Crippen LogP contribution >= 0.6 is 0 Å². The molecule has 0 aliphatic heterocycles. The van der Waals surface area contributed by atoms with Crippen molar-refractivity contribution >= 4 is 10.9 Å². The normalized spacial score (nSPS) is 11.0. The Morgan fingerprint density at radius 1 is 1.18 bits per heavy atom. The Labute approximate surface area is 129 Å². The standard InChI is InChI=1S/C16H19N5O/c1-3-4-10-21-15(18-19-20-21)11-22-14-7-5-6-13-9-8-12(2)17-16(13)14/h5-9H,3-4,10-11H2,1-2H3. The molecule has 3 rings (SSSR count). The Morgan fingerprint density at radius 3 is 2.95 bits per heavy atom. The number of hydrogen-bond donors (Lipinski definition) is 0. The zero-order chi connectivity index (χ0) is 15.4. The van der Waals surface area contributed by atoms with E-state index in [2.05, 4.69) is 33.5 Å². The fraction of sp³-hybridized carbons (Fsp3) is 0.375. The van der Waals surface area contributed by atoms with E-state index >= 15 is 0 Å². The molecule has 1 aromatic carbocycles. The molecule has 3 aromatic rings. The predicted octanol–water partition coefficient (Wildman–Crippen LogP) is 2.91. The summed E-state index contributed by atoms with van der Waals surface area (Å²) in [5, 5.41) is 12.8. The van der Waals surface area contributed by atoms with Crippen LogP contribution in [0.1, 0.15) is 31.3 Å². The third-order valence-corrected chi connectivity index (χ3v) is 3.51. The molecule has 2 aromatic heterocycles. The maximum Gasteiger partial charge on any atom is 0.189 e. The van der Waals surface area contributed by atoms with Crippen molar-refractivity contribution in [3.8, 4) is 5.75 Å². The van der Waals surface area contributed by atoms with E-state index < -0.39 is 0 Å². The van der Waals surface area contributed by atoms with E-state index in [1.54, 1.807) is 4.68 Å². The molecule has 0 atom stereocenters. The second kappa shape index (κ2) is 6.51. The Hall–Kier alpha value is -2.50. The van der Waals surface area contributed by atoms with Crippen LogP contribution in [-0.4, -0.2) is 25.2 Å². The Kier molecular flexibility index (Phi) is 4.27. The maximum absolute atomic E-state index is 5.91. The highest BCUT2D eigenvalue weighted by Crippen LogP contribution is 2.24. The number of ether oxygens (including phenoxy) is 1. The summed E-state index contributed by atoms with van der Waals surface area (Å²) in [5.41, 5.74) is 1.84. The van der Waals surface area contributed by atoms with Gasteiger partial charge in [-0.05, 0) is 35.9 Å². The minimum absolute atomic E-state index is 0.339. The number of aryl methyl sites for hydroxylation is 2. The van der Waals surface area contributed by atoms with Gasteiger partial charge < -0.3 is 4.74 Å². The average Bonchev–Trinajstić information content (AvgIpc) is 2.98. The molecule has 0 saturated carbocycles.